The summed E-state index contributed by atoms with van der Waals surface area (Å²) in [6.07, 6.45) is 0.767. The van der Waals surface area contributed by atoms with Gasteiger partial charge in [0, 0.05) is 23.7 Å². The largest absolute Gasteiger partial charge is 0.387 e. The first-order valence-corrected chi connectivity index (χ1v) is 6.99. The molecule has 1 aromatic carbocycles. The van der Waals surface area contributed by atoms with Gasteiger partial charge in [0.2, 0.25) is 11.7 Å². The maximum Gasteiger partial charge on any atom is 0.241 e. The van der Waals surface area contributed by atoms with E-state index in [2.05, 4.69) is 15.0 Å². The second-order valence-electron chi connectivity index (χ2n) is 5.24. The Morgan fingerprint density at radius 3 is 2.70 bits per heavy atom. The van der Waals surface area contributed by atoms with Crippen LogP contribution >= 0.6 is 11.6 Å². The van der Waals surface area contributed by atoms with Gasteiger partial charge in [-0.05, 0) is 30.7 Å². The number of likely N-dealkylation sites (tertiary alicyclic amines) is 1. The van der Waals surface area contributed by atoms with Gasteiger partial charge in [0.05, 0.1) is 12.1 Å². The van der Waals surface area contributed by atoms with Crippen molar-refractivity contribution in [1.82, 2.24) is 15.0 Å². The van der Waals surface area contributed by atoms with E-state index in [9.17, 15) is 5.11 Å². The number of aromatic nitrogens is 2. The molecule has 0 amide bonds. The number of rotatable bonds is 4. The van der Waals surface area contributed by atoms with E-state index in [1.165, 1.54) is 0 Å². The van der Waals surface area contributed by atoms with Crippen LogP contribution in [0.3, 0.4) is 0 Å². The lowest BCUT2D eigenvalue weighted by Gasteiger charge is -2.45. The standard InChI is InChI=1S/C14H16ClN3O2/c1-2-14(19)8-18(9-14)7-12-16-13(17-20-12)10-3-5-11(15)6-4-10/h3-6,19H,2,7-9H2,1H3. The van der Waals surface area contributed by atoms with Gasteiger partial charge in [0.1, 0.15) is 0 Å². The minimum atomic E-state index is -0.543. The van der Waals surface area contributed by atoms with Crippen molar-refractivity contribution in [3.63, 3.8) is 0 Å². The molecule has 0 unspecified atom stereocenters. The van der Waals surface area contributed by atoms with Crippen LogP contribution in [-0.2, 0) is 6.54 Å². The highest BCUT2D eigenvalue weighted by Crippen LogP contribution is 2.26. The van der Waals surface area contributed by atoms with Crippen LogP contribution in [0.1, 0.15) is 19.2 Å². The van der Waals surface area contributed by atoms with Gasteiger partial charge >= 0.3 is 0 Å². The molecule has 0 atom stereocenters. The number of hydrogen-bond donors (Lipinski definition) is 1. The second kappa shape index (κ2) is 5.16. The molecule has 2 heterocycles. The number of nitrogens with zero attached hydrogens (tertiary/aromatic N) is 3. The van der Waals surface area contributed by atoms with Crippen LogP contribution in [0, 0.1) is 0 Å². The summed E-state index contributed by atoms with van der Waals surface area (Å²) in [6.45, 7) is 3.87. The van der Waals surface area contributed by atoms with Crippen LogP contribution in [-0.4, -0.2) is 38.8 Å². The van der Waals surface area contributed by atoms with E-state index in [1.54, 1.807) is 12.1 Å². The average molecular weight is 294 g/mol. The van der Waals surface area contributed by atoms with Crippen LogP contribution in [0.15, 0.2) is 28.8 Å². The fourth-order valence-electron chi connectivity index (χ4n) is 2.35. The Labute approximate surface area is 122 Å². The topological polar surface area (TPSA) is 62.4 Å². The van der Waals surface area contributed by atoms with Gasteiger partial charge in [0.25, 0.3) is 0 Å². The molecular formula is C14H16ClN3O2. The van der Waals surface area contributed by atoms with Crippen molar-refractivity contribution in [1.29, 1.82) is 0 Å². The molecule has 1 saturated heterocycles. The number of halogens is 1. The Morgan fingerprint density at radius 1 is 1.35 bits per heavy atom. The molecule has 20 heavy (non-hydrogen) atoms. The van der Waals surface area contributed by atoms with Crippen LogP contribution in [0.2, 0.25) is 5.02 Å². The van der Waals surface area contributed by atoms with Gasteiger partial charge in [-0.1, -0.05) is 23.7 Å². The lowest BCUT2D eigenvalue weighted by molar-refractivity contribution is -0.106. The Kier molecular flexibility index (Phi) is 3.50. The van der Waals surface area contributed by atoms with Crippen LogP contribution in [0.25, 0.3) is 11.4 Å². The molecule has 0 radical (unpaired) electrons. The minimum Gasteiger partial charge on any atom is -0.387 e. The predicted octanol–water partition coefficient (Wildman–Crippen LogP) is 2.35. The molecule has 6 heteroatoms. The molecule has 3 rings (SSSR count). The Balaban J connectivity index is 1.64. The summed E-state index contributed by atoms with van der Waals surface area (Å²) in [7, 11) is 0. The number of β-amino-alcohol motifs (C(OH)–C–C–N with tert-alkyl or cyclic N) is 1. The second-order valence-corrected chi connectivity index (χ2v) is 5.68. The summed E-state index contributed by atoms with van der Waals surface area (Å²) in [4.78, 5) is 6.45. The Bertz CT molecular complexity index is 591. The molecule has 2 aromatic rings. The molecule has 1 N–H and O–H groups in total. The van der Waals surface area contributed by atoms with Gasteiger partial charge in [0.15, 0.2) is 0 Å². The zero-order valence-corrected chi connectivity index (χ0v) is 12.0. The third-order valence-electron chi connectivity index (χ3n) is 3.62. The van der Waals surface area contributed by atoms with Gasteiger partial charge in [-0.2, -0.15) is 4.98 Å². The molecule has 0 aliphatic carbocycles. The summed E-state index contributed by atoms with van der Waals surface area (Å²) in [5, 5.41) is 14.6. The Hall–Kier alpha value is -1.43. The first kappa shape index (κ1) is 13.5. The molecule has 106 valence electrons. The summed E-state index contributed by atoms with van der Waals surface area (Å²) >= 11 is 5.85. The molecule has 1 fully saturated rings. The van der Waals surface area contributed by atoms with Gasteiger partial charge in [-0.3, -0.25) is 4.90 Å². The molecule has 5 nitrogen and oxygen atoms in total. The highest BCUT2D eigenvalue weighted by Gasteiger charge is 2.39. The maximum absolute atomic E-state index is 9.96. The van der Waals surface area contributed by atoms with Gasteiger partial charge in [-0.25, -0.2) is 0 Å². The molecule has 1 aliphatic rings. The van der Waals surface area contributed by atoms with Crippen molar-refractivity contribution in [2.75, 3.05) is 13.1 Å². The molecule has 0 bridgehead atoms. The van der Waals surface area contributed by atoms with Crippen LogP contribution < -0.4 is 0 Å². The van der Waals surface area contributed by atoms with Gasteiger partial charge in [-0.15, -0.1) is 0 Å². The van der Waals surface area contributed by atoms with E-state index in [4.69, 9.17) is 16.1 Å². The summed E-state index contributed by atoms with van der Waals surface area (Å²) in [5.74, 6) is 1.12. The average Bonchev–Trinajstić information content (AvgIpc) is 2.86. The van der Waals surface area contributed by atoms with Crippen LogP contribution in [0.4, 0.5) is 0 Å². The normalized spacial score (nSPS) is 17.9. The van der Waals surface area contributed by atoms with E-state index < -0.39 is 5.60 Å². The summed E-state index contributed by atoms with van der Waals surface area (Å²) in [6, 6.07) is 7.31. The maximum atomic E-state index is 9.96. The molecule has 0 spiro atoms. The highest BCUT2D eigenvalue weighted by atomic mass is 35.5. The molecular weight excluding hydrogens is 278 g/mol. The number of aliphatic hydroxyl groups is 1. The van der Waals surface area contributed by atoms with Crippen molar-refractivity contribution >= 4 is 11.6 Å². The number of benzene rings is 1. The van der Waals surface area contributed by atoms with Crippen molar-refractivity contribution in [2.24, 2.45) is 0 Å². The monoisotopic (exact) mass is 293 g/mol. The Morgan fingerprint density at radius 2 is 2.05 bits per heavy atom. The van der Waals surface area contributed by atoms with E-state index in [0.717, 1.165) is 12.0 Å². The van der Waals surface area contributed by atoms with Crippen molar-refractivity contribution in [3.8, 4) is 11.4 Å². The van der Waals surface area contributed by atoms with E-state index in [-0.39, 0.29) is 0 Å². The van der Waals surface area contributed by atoms with Gasteiger partial charge < -0.3 is 9.63 Å². The number of hydrogen-bond acceptors (Lipinski definition) is 5. The third kappa shape index (κ3) is 2.70. The fraction of sp³-hybridized carbons (Fsp3) is 0.429. The fourth-order valence-corrected chi connectivity index (χ4v) is 2.47. The first-order chi connectivity index (χ1) is 9.58. The molecule has 0 saturated carbocycles. The summed E-state index contributed by atoms with van der Waals surface area (Å²) < 4.78 is 5.24. The SMILES string of the molecule is CCC1(O)CN(Cc2nc(-c3ccc(Cl)cc3)no2)C1. The smallest absolute Gasteiger partial charge is 0.241 e. The zero-order chi connectivity index (χ0) is 14.2. The first-order valence-electron chi connectivity index (χ1n) is 6.61. The predicted molar refractivity (Wildman–Crippen MR) is 75.3 cm³/mol. The lowest BCUT2D eigenvalue weighted by atomic mass is 9.91. The van der Waals surface area contributed by atoms with Crippen LogP contribution in [0.5, 0.6) is 0 Å². The minimum absolute atomic E-state index is 0.543. The van der Waals surface area contributed by atoms with Crippen molar-refractivity contribution < 1.29 is 9.63 Å². The molecule has 1 aromatic heterocycles. The van der Waals surface area contributed by atoms with Crippen molar-refractivity contribution in [3.05, 3.63) is 35.2 Å². The van der Waals surface area contributed by atoms with E-state index in [1.807, 2.05) is 19.1 Å². The van der Waals surface area contributed by atoms with E-state index >= 15 is 0 Å². The molecule has 1 aliphatic heterocycles. The highest BCUT2D eigenvalue weighted by molar-refractivity contribution is 6.30. The lowest BCUT2D eigenvalue weighted by Crippen LogP contribution is -2.60. The third-order valence-corrected chi connectivity index (χ3v) is 3.88. The van der Waals surface area contributed by atoms with E-state index in [0.29, 0.717) is 36.4 Å². The van der Waals surface area contributed by atoms with Crippen molar-refractivity contribution in [2.45, 2.75) is 25.5 Å². The summed E-state index contributed by atoms with van der Waals surface area (Å²) in [5.41, 5.74) is 0.331. The quantitative estimate of drug-likeness (QED) is 0.937. The zero-order valence-electron chi connectivity index (χ0n) is 11.2.